The van der Waals surface area contributed by atoms with Crippen LogP contribution in [0.1, 0.15) is 12.8 Å². The number of hydrogen-bond acceptors (Lipinski definition) is 2. The van der Waals surface area contributed by atoms with Gasteiger partial charge in [0.2, 0.25) is 0 Å². The summed E-state index contributed by atoms with van der Waals surface area (Å²) < 4.78 is 0. The van der Waals surface area contributed by atoms with Crippen molar-refractivity contribution < 1.29 is 9.59 Å². The third-order valence-electron chi connectivity index (χ3n) is 0.402. The first-order valence-corrected chi connectivity index (χ1v) is 1.79. The summed E-state index contributed by atoms with van der Waals surface area (Å²) in [5, 5.41) is 0. The fraction of sp³-hybridized carbons (Fsp3) is 0.500. The molecule has 36 valence electrons. The molecular formula is C4H7KO2. The van der Waals surface area contributed by atoms with Crippen LogP contribution in [-0.4, -0.2) is 64.0 Å². The van der Waals surface area contributed by atoms with Crippen molar-refractivity contribution in [2.75, 3.05) is 0 Å². The van der Waals surface area contributed by atoms with Crippen molar-refractivity contribution in [1.29, 1.82) is 0 Å². The van der Waals surface area contributed by atoms with Crippen LogP contribution in [0.25, 0.3) is 0 Å². The molecule has 2 nitrogen and oxygen atoms in total. The first kappa shape index (κ1) is 10.9. The maximum atomic E-state index is 9.40. The van der Waals surface area contributed by atoms with Crippen molar-refractivity contribution >= 4 is 64.0 Å². The second-order valence-electron chi connectivity index (χ2n) is 0.911. The third kappa shape index (κ3) is 10.9. The summed E-state index contributed by atoms with van der Waals surface area (Å²) in [6, 6.07) is 0. The zero-order chi connectivity index (χ0) is 4.83. The molecule has 0 radical (unpaired) electrons. The van der Waals surface area contributed by atoms with Gasteiger partial charge in [-0.1, -0.05) is 0 Å². The molecule has 0 aliphatic rings. The summed E-state index contributed by atoms with van der Waals surface area (Å²) in [4.78, 5) is 18.8. The van der Waals surface area contributed by atoms with Gasteiger partial charge in [0.1, 0.15) is 12.6 Å². The molecule has 0 fully saturated rings. The molecule has 0 bridgehead atoms. The zero-order valence-corrected chi connectivity index (χ0v) is 3.39. The van der Waals surface area contributed by atoms with Crippen molar-refractivity contribution in [2.24, 2.45) is 0 Å². The predicted octanol–water partition coefficient (Wildman–Crippen LogP) is -0.484. The van der Waals surface area contributed by atoms with Gasteiger partial charge in [0.15, 0.2) is 0 Å². The molecule has 0 aliphatic heterocycles. The van der Waals surface area contributed by atoms with Gasteiger partial charge in [-0.25, -0.2) is 0 Å². The van der Waals surface area contributed by atoms with E-state index in [4.69, 9.17) is 0 Å². The van der Waals surface area contributed by atoms with Crippen molar-refractivity contribution in [1.82, 2.24) is 0 Å². The first-order valence-electron chi connectivity index (χ1n) is 1.79. The van der Waals surface area contributed by atoms with Crippen molar-refractivity contribution in [3.8, 4) is 0 Å². The van der Waals surface area contributed by atoms with Gasteiger partial charge in [-0.3, -0.25) is 0 Å². The SMILES string of the molecule is O=CCCC=O.[KH]. The topological polar surface area (TPSA) is 34.1 Å². The van der Waals surface area contributed by atoms with Gasteiger partial charge in [-0.05, 0) is 0 Å². The Morgan fingerprint density at radius 2 is 1.29 bits per heavy atom. The van der Waals surface area contributed by atoms with E-state index in [1.54, 1.807) is 0 Å². The van der Waals surface area contributed by atoms with E-state index < -0.39 is 0 Å². The van der Waals surface area contributed by atoms with Crippen molar-refractivity contribution in [3.05, 3.63) is 0 Å². The van der Waals surface area contributed by atoms with Gasteiger partial charge in [-0.15, -0.1) is 0 Å². The second-order valence-corrected chi connectivity index (χ2v) is 0.911. The Kier molecular flexibility index (Phi) is 15.6. The monoisotopic (exact) mass is 126 g/mol. The van der Waals surface area contributed by atoms with E-state index in [0.717, 1.165) is 12.6 Å². The molecule has 0 aliphatic carbocycles. The fourth-order valence-electron chi connectivity index (χ4n) is 0.136. The number of unbranched alkanes of at least 4 members (excludes halogenated alkanes) is 1. The number of hydrogen-bond donors (Lipinski definition) is 0. The minimum absolute atomic E-state index is 0. The Balaban J connectivity index is 0. The number of aldehydes is 2. The molecule has 0 atom stereocenters. The number of rotatable bonds is 3. The van der Waals surface area contributed by atoms with E-state index >= 15 is 0 Å². The molecule has 3 heteroatoms. The molecule has 0 amide bonds. The van der Waals surface area contributed by atoms with E-state index in [1.165, 1.54) is 0 Å². The Bertz CT molecular complexity index is 45.7. The molecule has 0 aromatic heterocycles. The van der Waals surface area contributed by atoms with Crippen LogP contribution in [-0.2, 0) is 9.59 Å². The molecule has 0 saturated heterocycles. The van der Waals surface area contributed by atoms with Gasteiger partial charge >= 0.3 is 51.4 Å². The number of carbonyl (C=O) groups excluding carboxylic acids is 2. The van der Waals surface area contributed by atoms with Gasteiger partial charge in [0, 0.05) is 12.8 Å². The molecule has 0 aromatic rings. The third-order valence-corrected chi connectivity index (χ3v) is 0.402. The summed E-state index contributed by atoms with van der Waals surface area (Å²) in [5.41, 5.74) is 0. The summed E-state index contributed by atoms with van der Waals surface area (Å²) in [6.45, 7) is 0. The fourth-order valence-corrected chi connectivity index (χ4v) is 0.136. The van der Waals surface area contributed by atoms with Gasteiger partial charge in [-0.2, -0.15) is 0 Å². The van der Waals surface area contributed by atoms with E-state index in [9.17, 15) is 9.59 Å². The maximum absolute atomic E-state index is 9.40. The number of carbonyl (C=O) groups is 2. The molecule has 0 N–H and O–H groups in total. The summed E-state index contributed by atoms with van der Waals surface area (Å²) in [6.07, 6.45) is 2.19. The summed E-state index contributed by atoms with van der Waals surface area (Å²) in [7, 11) is 0. The average Bonchev–Trinajstić information content (AvgIpc) is 1.61. The Morgan fingerprint density at radius 3 is 1.43 bits per heavy atom. The molecule has 0 spiro atoms. The van der Waals surface area contributed by atoms with Crippen LogP contribution in [0.3, 0.4) is 0 Å². The van der Waals surface area contributed by atoms with Gasteiger partial charge in [0.25, 0.3) is 0 Å². The Labute approximate surface area is 85.1 Å². The van der Waals surface area contributed by atoms with E-state index in [-0.39, 0.29) is 51.4 Å². The molecule has 0 saturated carbocycles. The van der Waals surface area contributed by atoms with Crippen LogP contribution in [0.15, 0.2) is 0 Å². The van der Waals surface area contributed by atoms with Crippen LogP contribution in [0, 0.1) is 0 Å². The molecule has 7 heavy (non-hydrogen) atoms. The van der Waals surface area contributed by atoms with Crippen LogP contribution >= 0.6 is 0 Å². The Hall–Kier alpha value is 0.976. The summed E-state index contributed by atoms with van der Waals surface area (Å²) >= 11 is 0. The quantitative estimate of drug-likeness (QED) is 0.291. The van der Waals surface area contributed by atoms with E-state index in [1.807, 2.05) is 0 Å². The van der Waals surface area contributed by atoms with Crippen LogP contribution < -0.4 is 0 Å². The van der Waals surface area contributed by atoms with Crippen LogP contribution in [0.5, 0.6) is 0 Å². The van der Waals surface area contributed by atoms with Crippen LogP contribution in [0.4, 0.5) is 0 Å². The molecule has 0 aromatic carbocycles. The molecule has 0 heterocycles. The van der Waals surface area contributed by atoms with Gasteiger partial charge < -0.3 is 9.59 Å². The van der Waals surface area contributed by atoms with E-state index in [2.05, 4.69) is 0 Å². The summed E-state index contributed by atoms with van der Waals surface area (Å²) in [5.74, 6) is 0. The average molecular weight is 126 g/mol. The zero-order valence-electron chi connectivity index (χ0n) is 3.39. The predicted molar refractivity (Wildman–Crippen MR) is 28.5 cm³/mol. The van der Waals surface area contributed by atoms with E-state index in [0.29, 0.717) is 12.8 Å². The second kappa shape index (κ2) is 10.1. The van der Waals surface area contributed by atoms with Crippen molar-refractivity contribution in [2.45, 2.75) is 12.8 Å². The van der Waals surface area contributed by atoms with Gasteiger partial charge in [0.05, 0.1) is 0 Å². The minimum atomic E-state index is 0. The van der Waals surface area contributed by atoms with Crippen molar-refractivity contribution in [3.63, 3.8) is 0 Å². The standard InChI is InChI=1S/C4H6O2.K.H/c5-3-1-2-4-6;;/h3-4H,1-2H2;;. The molecule has 0 rings (SSSR count). The Morgan fingerprint density at radius 1 is 1.00 bits per heavy atom. The normalized spacial score (nSPS) is 6.29. The molecular weight excluding hydrogens is 119 g/mol. The first-order chi connectivity index (χ1) is 2.91. The van der Waals surface area contributed by atoms with Crippen LogP contribution in [0.2, 0.25) is 0 Å². The molecule has 0 unspecified atom stereocenters.